The number of halogens is 1. The molecule has 4 rings (SSSR count). The quantitative estimate of drug-likeness (QED) is 0.433. The van der Waals surface area contributed by atoms with Gasteiger partial charge in [-0.3, -0.25) is 9.36 Å². The summed E-state index contributed by atoms with van der Waals surface area (Å²) in [4.78, 5) is 14.7. The Morgan fingerprint density at radius 1 is 1.14 bits per heavy atom. The molecule has 7 heteroatoms. The number of aromatic nitrogens is 3. The fourth-order valence-electron chi connectivity index (χ4n) is 3.43. The number of fused-ring (bicyclic) bond motifs is 1. The number of rotatable bonds is 6. The van der Waals surface area contributed by atoms with E-state index >= 15 is 0 Å². The second-order valence-electron chi connectivity index (χ2n) is 6.84. The number of hydrogen-bond donors (Lipinski definition) is 0. The lowest BCUT2D eigenvalue weighted by Gasteiger charge is -2.28. The fraction of sp³-hybridized carbons (Fsp3) is 0.227. The predicted molar refractivity (Wildman–Crippen MR) is 117 cm³/mol. The van der Waals surface area contributed by atoms with Crippen LogP contribution in [0.4, 0.5) is 0 Å². The summed E-state index contributed by atoms with van der Waals surface area (Å²) in [6.45, 7) is 5.83. The van der Waals surface area contributed by atoms with Gasteiger partial charge in [-0.05, 0) is 41.8 Å². The highest BCUT2D eigenvalue weighted by Gasteiger charge is 2.22. The van der Waals surface area contributed by atoms with Crippen LogP contribution in [0.2, 0.25) is 5.02 Å². The van der Waals surface area contributed by atoms with Crippen molar-refractivity contribution in [2.24, 2.45) is 0 Å². The topological polar surface area (TPSA) is 51.0 Å². The van der Waals surface area contributed by atoms with E-state index in [2.05, 4.69) is 35.0 Å². The van der Waals surface area contributed by atoms with Gasteiger partial charge in [-0.1, -0.05) is 53.7 Å². The van der Waals surface area contributed by atoms with Crippen LogP contribution in [0.15, 0.2) is 66.3 Å². The van der Waals surface area contributed by atoms with E-state index in [0.717, 1.165) is 24.4 Å². The summed E-state index contributed by atoms with van der Waals surface area (Å²) in [6, 6.07) is 15.8. The third-order valence-electron chi connectivity index (χ3n) is 4.94. The van der Waals surface area contributed by atoms with Crippen LogP contribution < -0.4 is 0 Å². The molecule has 3 aromatic rings. The lowest BCUT2D eigenvalue weighted by molar-refractivity contribution is -0.129. The average molecular weight is 425 g/mol. The van der Waals surface area contributed by atoms with Crippen molar-refractivity contribution >= 4 is 29.3 Å². The molecule has 0 aliphatic carbocycles. The highest BCUT2D eigenvalue weighted by atomic mass is 35.5. The summed E-state index contributed by atoms with van der Waals surface area (Å²) in [5, 5.41) is 10.0. The molecule has 0 saturated carbocycles. The molecule has 1 aromatic heterocycles. The smallest absolute Gasteiger partial charge is 0.233 e. The molecule has 0 spiro atoms. The Morgan fingerprint density at radius 2 is 1.90 bits per heavy atom. The molecule has 0 saturated heterocycles. The standard InChI is InChI=1S/C22H21ClN4OS/c1-2-12-27-21(17-7-9-19(23)10-8-17)24-25-22(27)29-15-20(28)26-13-11-16-5-3-4-6-18(16)14-26/h2-10H,1,11-15H2. The van der Waals surface area contributed by atoms with Gasteiger partial charge < -0.3 is 4.90 Å². The van der Waals surface area contributed by atoms with E-state index in [1.807, 2.05) is 39.8 Å². The SMILES string of the molecule is C=CCn1c(SCC(=O)N2CCc3ccccc3C2)nnc1-c1ccc(Cl)cc1. The summed E-state index contributed by atoms with van der Waals surface area (Å²) >= 11 is 7.40. The Bertz CT molecular complexity index is 1030. The number of benzene rings is 2. The number of thioether (sulfide) groups is 1. The number of carbonyl (C=O) groups excluding carboxylic acids is 1. The molecule has 1 aliphatic rings. The second kappa shape index (κ2) is 8.84. The number of carbonyl (C=O) groups is 1. The minimum Gasteiger partial charge on any atom is -0.337 e. The normalized spacial score (nSPS) is 13.2. The van der Waals surface area contributed by atoms with Gasteiger partial charge in [0.25, 0.3) is 0 Å². The van der Waals surface area contributed by atoms with Crippen LogP contribution >= 0.6 is 23.4 Å². The molecule has 0 N–H and O–H groups in total. The average Bonchev–Trinajstić information content (AvgIpc) is 3.15. The molecule has 29 heavy (non-hydrogen) atoms. The van der Waals surface area contributed by atoms with E-state index in [4.69, 9.17) is 11.6 Å². The van der Waals surface area contributed by atoms with E-state index in [1.165, 1.54) is 22.9 Å². The van der Waals surface area contributed by atoms with Crippen LogP contribution in [0.25, 0.3) is 11.4 Å². The first-order valence-corrected chi connectivity index (χ1v) is 10.8. The maximum absolute atomic E-state index is 12.8. The zero-order valence-electron chi connectivity index (χ0n) is 15.9. The molecule has 2 heterocycles. The van der Waals surface area contributed by atoms with Gasteiger partial charge in [0.15, 0.2) is 11.0 Å². The molecule has 148 valence electrons. The third kappa shape index (κ3) is 4.38. The summed E-state index contributed by atoms with van der Waals surface area (Å²) in [5.41, 5.74) is 3.49. The van der Waals surface area contributed by atoms with Crippen molar-refractivity contribution in [3.8, 4) is 11.4 Å². The maximum Gasteiger partial charge on any atom is 0.233 e. The van der Waals surface area contributed by atoms with Crippen molar-refractivity contribution in [2.45, 2.75) is 24.7 Å². The van der Waals surface area contributed by atoms with Crippen molar-refractivity contribution in [1.29, 1.82) is 0 Å². The van der Waals surface area contributed by atoms with Gasteiger partial charge in [-0.15, -0.1) is 16.8 Å². The molecule has 5 nitrogen and oxygen atoms in total. The monoisotopic (exact) mass is 424 g/mol. The third-order valence-corrected chi connectivity index (χ3v) is 6.14. The first kappa shape index (κ1) is 19.7. The Hall–Kier alpha value is -2.57. The lowest BCUT2D eigenvalue weighted by atomic mass is 10.00. The minimum absolute atomic E-state index is 0.116. The van der Waals surface area contributed by atoms with Gasteiger partial charge in [0.05, 0.1) is 5.75 Å². The summed E-state index contributed by atoms with van der Waals surface area (Å²) in [6.07, 6.45) is 2.70. The van der Waals surface area contributed by atoms with Crippen molar-refractivity contribution in [3.63, 3.8) is 0 Å². The van der Waals surface area contributed by atoms with Crippen LogP contribution in [0.3, 0.4) is 0 Å². The molecular weight excluding hydrogens is 404 g/mol. The number of amides is 1. The zero-order valence-corrected chi connectivity index (χ0v) is 17.5. The summed E-state index contributed by atoms with van der Waals surface area (Å²) in [7, 11) is 0. The van der Waals surface area contributed by atoms with Crippen LogP contribution in [-0.2, 0) is 24.3 Å². The molecule has 0 radical (unpaired) electrons. The Kier molecular flexibility index (Phi) is 6.02. The number of hydrogen-bond acceptors (Lipinski definition) is 4. The highest BCUT2D eigenvalue weighted by molar-refractivity contribution is 7.99. The van der Waals surface area contributed by atoms with Gasteiger partial charge in [0.1, 0.15) is 0 Å². The fourth-order valence-corrected chi connectivity index (χ4v) is 4.40. The second-order valence-corrected chi connectivity index (χ2v) is 8.21. The molecule has 1 aliphatic heterocycles. The molecular formula is C22H21ClN4OS. The molecule has 0 bridgehead atoms. The minimum atomic E-state index is 0.116. The van der Waals surface area contributed by atoms with E-state index in [-0.39, 0.29) is 5.91 Å². The Balaban J connectivity index is 1.46. The van der Waals surface area contributed by atoms with Crippen LogP contribution in [0, 0.1) is 0 Å². The van der Waals surface area contributed by atoms with Crippen molar-refractivity contribution < 1.29 is 4.79 Å². The van der Waals surface area contributed by atoms with Crippen molar-refractivity contribution in [3.05, 3.63) is 77.3 Å². The Morgan fingerprint density at radius 3 is 2.66 bits per heavy atom. The Labute approximate surface area is 179 Å². The maximum atomic E-state index is 12.8. The first-order chi connectivity index (χ1) is 14.2. The van der Waals surface area contributed by atoms with Gasteiger partial charge >= 0.3 is 0 Å². The van der Waals surface area contributed by atoms with E-state index < -0.39 is 0 Å². The van der Waals surface area contributed by atoms with E-state index in [1.54, 1.807) is 6.08 Å². The summed E-state index contributed by atoms with van der Waals surface area (Å²) in [5.74, 6) is 1.19. The van der Waals surface area contributed by atoms with Crippen LogP contribution in [0.1, 0.15) is 11.1 Å². The van der Waals surface area contributed by atoms with Gasteiger partial charge in [0.2, 0.25) is 5.91 Å². The first-order valence-electron chi connectivity index (χ1n) is 9.43. The number of nitrogens with zero attached hydrogens (tertiary/aromatic N) is 4. The molecule has 0 unspecified atom stereocenters. The van der Waals surface area contributed by atoms with Crippen LogP contribution in [-0.4, -0.2) is 37.9 Å². The van der Waals surface area contributed by atoms with Gasteiger partial charge in [-0.25, -0.2) is 0 Å². The van der Waals surface area contributed by atoms with E-state index in [0.29, 0.717) is 29.0 Å². The molecule has 2 aromatic carbocycles. The predicted octanol–water partition coefficient (Wildman–Crippen LogP) is 4.46. The van der Waals surface area contributed by atoms with Gasteiger partial charge in [0, 0.05) is 30.2 Å². The molecule has 0 fully saturated rings. The molecule has 1 amide bonds. The van der Waals surface area contributed by atoms with Crippen molar-refractivity contribution in [1.82, 2.24) is 19.7 Å². The zero-order chi connectivity index (χ0) is 20.2. The lowest BCUT2D eigenvalue weighted by Crippen LogP contribution is -2.37. The summed E-state index contributed by atoms with van der Waals surface area (Å²) < 4.78 is 1.97. The highest BCUT2D eigenvalue weighted by Crippen LogP contribution is 2.26. The number of allylic oxidation sites excluding steroid dienone is 1. The largest absolute Gasteiger partial charge is 0.337 e. The van der Waals surface area contributed by atoms with Gasteiger partial charge in [-0.2, -0.15) is 0 Å². The van der Waals surface area contributed by atoms with E-state index in [9.17, 15) is 4.79 Å². The molecule has 0 atom stereocenters. The van der Waals surface area contributed by atoms with Crippen molar-refractivity contribution in [2.75, 3.05) is 12.3 Å². The van der Waals surface area contributed by atoms with Crippen LogP contribution in [0.5, 0.6) is 0 Å².